The Bertz CT molecular complexity index is 911. The number of hydrogen-bond acceptors (Lipinski definition) is 8. The van der Waals surface area contributed by atoms with Gasteiger partial charge < -0.3 is 14.6 Å². The molecule has 0 aliphatic carbocycles. The fourth-order valence-electron chi connectivity index (χ4n) is 2.06. The molecular formula is C17H15ClN4O4S. The molecule has 8 nitrogen and oxygen atoms in total. The summed E-state index contributed by atoms with van der Waals surface area (Å²) in [5.74, 6) is 0.0993. The monoisotopic (exact) mass is 406 g/mol. The van der Waals surface area contributed by atoms with Gasteiger partial charge in [0.05, 0.1) is 16.3 Å². The lowest BCUT2D eigenvalue weighted by Gasteiger charge is -2.12. The molecule has 27 heavy (non-hydrogen) atoms. The molecule has 0 aromatic carbocycles. The smallest absolute Gasteiger partial charge is 0.307 e. The first kappa shape index (κ1) is 19.0. The van der Waals surface area contributed by atoms with Gasteiger partial charge in [0.25, 0.3) is 5.91 Å². The van der Waals surface area contributed by atoms with E-state index in [-0.39, 0.29) is 12.8 Å². The van der Waals surface area contributed by atoms with Crippen LogP contribution in [0.4, 0.5) is 5.82 Å². The van der Waals surface area contributed by atoms with Crippen molar-refractivity contribution in [2.75, 3.05) is 5.32 Å². The summed E-state index contributed by atoms with van der Waals surface area (Å²) in [6, 6.07) is 6.91. The lowest BCUT2D eigenvalue weighted by atomic mass is 10.3. The number of carbonyl (C=O) groups is 2. The van der Waals surface area contributed by atoms with Crippen LogP contribution in [-0.2, 0) is 20.7 Å². The van der Waals surface area contributed by atoms with E-state index in [4.69, 9.17) is 20.9 Å². The third-order valence-electron chi connectivity index (χ3n) is 3.41. The van der Waals surface area contributed by atoms with Crippen LogP contribution in [0.3, 0.4) is 0 Å². The second-order valence-electron chi connectivity index (χ2n) is 5.47. The molecule has 0 spiro atoms. The highest BCUT2D eigenvalue weighted by Crippen LogP contribution is 2.21. The van der Waals surface area contributed by atoms with Crippen LogP contribution in [0.1, 0.15) is 19.2 Å². The molecule has 140 valence electrons. The van der Waals surface area contributed by atoms with E-state index in [0.29, 0.717) is 22.6 Å². The summed E-state index contributed by atoms with van der Waals surface area (Å²) in [7, 11) is 0. The van der Waals surface area contributed by atoms with Gasteiger partial charge in [0.1, 0.15) is 5.82 Å². The first-order valence-electron chi connectivity index (χ1n) is 7.99. The van der Waals surface area contributed by atoms with E-state index >= 15 is 0 Å². The quantitative estimate of drug-likeness (QED) is 0.599. The average Bonchev–Trinajstić information content (AvgIpc) is 3.33. The molecule has 3 aromatic heterocycles. The molecule has 1 N–H and O–H groups in total. The highest BCUT2D eigenvalue weighted by molar-refractivity contribution is 7.13. The maximum Gasteiger partial charge on any atom is 0.307 e. The molecule has 0 fully saturated rings. The first-order chi connectivity index (χ1) is 13.0. The van der Waals surface area contributed by atoms with Gasteiger partial charge in [-0.15, -0.1) is 11.3 Å². The number of nitrogens with one attached hydrogen (secondary N) is 1. The largest absolute Gasteiger partial charge is 0.453 e. The number of nitrogens with zero attached hydrogens (tertiary/aromatic N) is 3. The van der Waals surface area contributed by atoms with Gasteiger partial charge in [-0.05, 0) is 30.5 Å². The standard InChI is InChI=1S/C17H15ClN4O4S/c1-10(17(24)20-13-5-4-11(18)9-19-13)25-15(23)7-6-14-21-16(22-26-14)12-3-2-8-27-12/h2-5,8-10H,6-7H2,1H3,(H,19,20,24)/t10-/m0/s1. The number of hydrogen-bond donors (Lipinski definition) is 1. The minimum Gasteiger partial charge on any atom is -0.453 e. The van der Waals surface area contributed by atoms with Crippen molar-refractivity contribution in [1.82, 2.24) is 15.1 Å². The Morgan fingerprint density at radius 3 is 2.93 bits per heavy atom. The van der Waals surface area contributed by atoms with Gasteiger partial charge in [-0.25, -0.2) is 4.98 Å². The van der Waals surface area contributed by atoms with Crippen LogP contribution in [0.15, 0.2) is 40.4 Å². The van der Waals surface area contributed by atoms with Crippen LogP contribution < -0.4 is 5.32 Å². The number of thiophene rings is 1. The second-order valence-corrected chi connectivity index (χ2v) is 6.86. The van der Waals surface area contributed by atoms with Crippen molar-refractivity contribution in [3.05, 3.63) is 46.8 Å². The molecule has 0 bridgehead atoms. The summed E-state index contributed by atoms with van der Waals surface area (Å²) in [5.41, 5.74) is 0. The van der Waals surface area contributed by atoms with Crippen molar-refractivity contribution >= 4 is 40.6 Å². The second kappa shape index (κ2) is 8.74. The van der Waals surface area contributed by atoms with Crippen molar-refractivity contribution in [2.45, 2.75) is 25.9 Å². The SMILES string of the molecule is C[C@H](OC(=O)CCc1nc(-c2cccs2)no1)C(=O)Nc1ccc(Cl)cn1. The maximum absolute atomic E-state index is 12.0. The average molecular weight is 407 g/mol. The van der Waals surface area contributed by atoms with E-state index in [1.165, 1.54) is 24.5 Å². The summed E-state index contributed by atoms with van der Waals surface area (Å²) < 4.78 is 10.2. The summed E-state index contributed by atoms with van der Waals surface area (Å²) >= 11 is 7.23. The Morgan fingerprint density at radius 1 is 1.37 bits per heavy atom. The Balaban J connectivity index is 1.45. The molecule has 10 heteroatoms. The van der Waals surface area contributed by atoms with E-state index in [1.54, 1.807) is 12.1 Å². The van der Waals surface area contributed by atoms with Crippen molar-refractivity contribution in [3.63, 3.8) is 0 Å². The summed E-state index contributed by atoms with van der Waals surface area (Å²) in [5, 5.41) is 8.78. The van der Waals surface area contributed by atoms with Crippen LogP contribution in [0, 0.1) is 0 Å². The van der Waals surface area contributed by atoms with Crippen LogP contribution in [0.5, 0.6) is 0 Å². The van der Waals surface area contributed by atoms with E-state index in [1.807, 2.05) is 17.5 Å². The molecule has 0 saturated heterocycles. The zero-order valence-corrected chi connectivity index (χ0v) is 15.8. The van der Waals surface area contributed by atoms with Gasteiger partial charge in [0.15, 0.2) is 6.10 Å². The number of carbonyl (C=O) groups excluding carboxylic acids is 2. The zero-order chi connectivity index (χ0) is 19.2. The fraction of sp³-hybridized carbons (Fsp3) is 0.235. The Labute approximate surface area is 163 Å². The third-order valence-corrected chi connectivity index (χ3v) is 4.50. The lowest BCUT2D eigenvalue weighted by molar-refractivity contribution is -0.153. The lowest BCUT2D eigenvalue weighted by Crippen LogP contribution is -2.30. The molecule has 0 unspecified atom stereocenters. The summed E-state index contributed by atoms with van der Waals surface area (Å²) in [6.45, 7) is 1.48. The van der Waals surface area contributed by atoms with Gasteiger partial charge in [-0.2, -0.15) is 4.98 Å². The number of rotatable bonds is 7. The number of esters is 1. The number of ether oxygens (including phenoxy) is 1. The van der Waals surface area contributed by atoms with Gasteiger partial charge in [0, 0.05) is 12.6 Å². The molecule has 1 atom stereocenters. The van der Waals surface area contributed by atoms with Gasteiger partial charge in [0.2, 0.25) is 11.7 Å². The maximum atomic E-state index is 12.0. The van der Waals surface area contributed by atoms with Crippen LogP contribution >= 0.6 is 22.9 Å². The molecule has 0 aliphatic rings. The number of halogens is 1. The molecule has 1 amide bonds. The topological polar surface area (TPSA) is 107 Å². The predicted molar refractivity (Wildman–Crippen MR) is 99.4 cm³/mol. The molecule has 3 aromatic rings. The highest BCUT2D eigenvalue weighted by atomic mass is 35.5. The molecule has 0 aliphatic heterocycles. The van der Waals surface area contributed by atoms with Crippen molar-refractivity contribution in [1.29, 1.82) is 0 Å². The molecule has 3 rings (SSSR count). The van der Waals surface area contributed by atoms with Crippen LogP contribution in [0.25, 0.3) is 10.7 Å². The van der Waals surface area contributed by atoms with Crippen molar-refractivity contribution in [3.8, 4) is 10.7 Å². The summed E-state index contributed by atoms with van der Waals surface area (Å²) in [4.78, 5) is 33.0. The Kier molecular flexibility index (Phi) is 6.15. The van der Waals surface area contributed by atoms with Gasteiger partial charge >= 0.3 is 5.97 Å². The number of anilines is 1. The number of aromatic nitrogens is 3. The number of pyridine rings is 1. The highest BCUT2D eigenvalue weighted by Gasteiger charge is 2.19. The molecule has 0 radical (unpaired) electrons. The minimum absolute atomic E-state index is 0.0168. The number of amides is 1. The van der Waals surface area contributed by atoms with E-state index in [2.05, 4.69) is 20.4 Å². The third kappa shape index (κ3) is 5.35. The van der Waals surface area contributed by atoms with E-state index < -0.39 is 18.0 Å². The minimum atomic E-state index is -0.973. The first-order valence-corrected chi connectivity index (χ1v) is 9.25. The zero-order valence-electron chi connectivity index (χ0n) is 14.2. The summed E-state index contributed by atoms with van der Waals surface area (Å²) in [6.07, 6.45) is 0.676. The predicted octanol–water partition coefficient (Wildman–Crippen LogP) is 3.35. The Morgan fingerprint density at radius 2 is 2.22 bits per heavy atom. The number of aryl methyl sites for hydroxylation is 1. The van der Waals surface area contributed by atoms with Crippen molar-refractivity contribution < 1.29 is 18.8 Å². The van der Waals surface area contributed by atoms with Gasteiger partial charge in [-0.3, -0.25) is 9.59 Å². The fourth-order valence-corrected chi connectivity index (χ4v) is 2.82. The Hall–Kier alpha value is -2.78. The molecule has 3 heterocycles. The van der Waals surface area contributed by atoms with E-state index in [0.717, 1.165) is 4.88 Å². The molecular weight excluding hydrogens is 392 g/mol. The normalized spacial score (nSPS) is 11.8. The van der Waals surface area contributed by atoms with Crippen LogP contribution in [0.2, 0.25) is 5.02 Å². The van der Waals surface area contributed by atoms with Gasteiger partial charge in [-0.1, -0.05) is 22.8 Å². The van der Waals surface area contributed by atoms with Crippen LogP contribution in [-0.4, -0.2) is 33.1 Å². The van der Waals surface area contributed by atoms with Crippen molar-refractivity contribution in [2.24, 2.45) is 0 Å². The molecule has 0 saturated carbocycles. The van der Waals surface area contributed by atoms with E-state index in [9.17, 15) is 9.59 Å².